The van der Waals surface area contributed by atoms with Gasteiger partial charge < -0.3 is 0 Å². The minimum absolute atomic E-state index is 0.160. The predicted molar refractivity (Wildman–Crippen MR) is 118 cm³/mol. The number of imide groups is 1. The molecule has 2 amide bonds. The molecule has 0 spiro atoms. The van der Waals surface area contributed by atoms with Crippen LogP contribution in [0.25, 0.3) is 0 Å². The van der Waals surface area contributed by atoms with E-state index in [1.54, 1.807) is 30.3 Å². The van der Waals surface area contributed by atoms with Crippen LogP contribution in [0.1, 0.15) is 17.2 Å². The summed E-state index contributed by atoms with van der Waals surface area (Å²) in [5.74, 6) is -3.03. The summed E-state index contributed by atoms with van der Waals surface area (Å²) in [4.78, 5) is 33.4. The van der Waals surface area contributed by atoms with Crippen molar-refractivity contribution in [2.45, 2.75) is 18.3 Å². The number of hydrogen-bond acceptors (Lipinski definition) is 4. The van der Waals surface area contributed by atoms with E-state index in [0.717, 1.165) is 23.1 Å². The van der Waals surface area contributed by atoms with Crippen molar-refractivity contribution in [2.75, 3.05) is 9.96 Å². The molecule has 0 aliphatic carbocycles. The quantitative estimate of drug-likeness (QED) is 0.321. The fraction of sp³-hybridized carbons (Fsp3) is 0.167. The molecular formula is C24H15BrF4N2O3. The van der Waals surface area contributed by atoms with Crippen LogP contribution in [0, 0.1) is 11.7 Å². The Labute approximate surface area is 199 Å². The van der Waals surface area contributed by atoms with Gasteiger partial charge in [0.05, 0.1) is 27.5 Å². The summed E-state index contributed by atoms with van der Waals surface area (Å²) < 4.78 is 53.7. The average molecular weight is 535 g/mol. The van der Waals surface area contributed by atoms with Gasteiger partial charge in [-0.25, -0.2) is 14.4 Å². The maximum Gasteiger partial charge on any atom is 0.416 e. The van der Waals surface area contributed by atoms with Gasteiger partial charge >= 0.3 is 6.18 Å². The first-order valence-corrected chi connectivity index (χ1v) is 11.0. The van der Waals surface area contributed by atoms with Gasteiger partial charge in [-0.3, -0.25) is 14.4 Å². The van der Waals surface area contributed by atoms with E-state index in [2.05, 4.69) is 15.9 Å². The summed E-state index contributed by atoms with van der Waals surface area (Å²) in [6.45, 7) is 0. The fourth-order valence-electron chi connectivity index (χ4n) is 4.32. The fourth-order valence-corrected chi connectivity index (χ4v) is 4.72. The summed E-state index contributed by atoms with van der Waals surface area (Å²) >= 11 is 3.14. The number of halogens is 5. The van der Waals surface area contributed by atoms with E-state index < -0.39 is 47.4 Å². The lowest BCUT2D eigenvalue weighted by atomic mass is 9.90. The molecule has 2 aliphatic rings. The van der Waals surface area contributed by atoms with Crippen molar-refractivity contribution in [3.63, 3.8) is 0 Å². The molecule has 2 fully saturated rings. The van der Waals surface area contributed by atoms with Gasteiger partial charge in [-0.15, -0.1) is 0 Å². The number of benzene rings is 3. The number of rotatable bonds is 3. The molecule has 0 unspecified atom stereocenters. The first-order valence-electron chi connectivity index (χ1n) is 10.2. The van der Waals surface area contributed by atoms with Crippen LogP contribution in [0.5, 0.6) is 0 Å². The van der Waals surface area contributed by atoms with Crippen molar-refractivity contribution >= 4 is 39.1 Å². The van der Waals surface area contributed by atoms with Gasteiger partial charge in [0, 0.05) is 0 Å². The number of para-hydroxylation sites is 1. The molecule has 0 N–H and O–H groups in total. The molecule has 0 radical (unpaired) electrons. The van der Waals surface area contributed by atoms with Crippen molar-refractivity contribution in [3.05, 3.63) is 94.2 Å². The van der Waals surface area contributed by atoms with Crippen LogP contribution in [0.2, 0.25) is 0 Å². The number of anilines is 2. The van der Waals surface area contributed by atoms with Gasteiger partial charge in [0.1, 0.15) is 11.7 Å². The Bertz CT molecular complexity index is 1280. The van der Waals surface area contributed by atoms with Crippen LogP contribution in [-0.2, 0) is 20.6 Å². The zero-order valence-electron chi connectivity index (χ0n) is 17.2. The Morgan fingerprint density at radius 2 is 1.56 bits per heavy atom. The molecule has 10 heteroatoms. The molecule has 3 aromatic carbocycles. The van der Waals surface area contributed by atoms with Crippen LogP contribution >= 0.6 is 15.9 Å². The molecule has 174 valence electrons. The number of fused-ring (bicyclic) bond motifs is 1. The zero-order chi connectivity index (χ0) is 24.2. The van der Waals surface area contributed by atoms with Crippen molar-refractivity contribution in [2.24, 2.45) is 5.92 Å². The molecule has 2 heterocycles. The maximum atomic E-state index is 13.9. The van der Waals surface area contributed by atoms with Crippen LogP contribution < -0.4 is 9.96 Å². The molecular weight excluding hydrogens is 520 g/mol. The monoisotopic (exact) mass is 534 g/mol. The molecule has 0 bridgehead atoms. The summed E-state index contributed by atoms with van der Waals surface area (Å²) in [7, 11) is 0. The summed E-state index contributed by atoms with van der Waals surface area (Å²) in [6.07, 6.45) is -5.89. The third kappa shape index (κ3) is 3.67. The number of carbonyl (C=O) groups excluding carboxylic acids is 2. The van der Waals surface area contributed by atoms with E-state index in [1.165, 1.54) is 29.3 Å². The number of carbonyl (C=O) groups is 2. The van der Waals surface area contributed by atoms with E-state index in [0.29, 0.717) is 11.3 Å². The third-order valence-corrected chi connectivity index (χ3v) is 6.45. The summed E-state index contributed by atoms with van der Waals surface area (Å²) in [6, 6.07) is 16.2. The SMILES string of the molecule is O=C1[C@H]2[C@@H](c3ccc(F)c(Br)c3)N(c3ccccc3)O[C@H]2C(=O)N1c1cccc(C(F)(F)F)c1. The lowest BCUT2D eigenvalue weighted by Crippen LogP contribution is -2.37. The molecule has 5 nitrogen and oxygen atoms in total. The molecule has 2 aliphatic heterocycles. The Hall–Kier alpha value is -3.24. The normalized spacial score (nSPS) is 22.4. The van der Waals surface area contributed by atoms with Crippen molar-refractivity contribution < 1.29 is 32.0 Å². The Morgan fingerprint density at radius 3 is 2.24 bits per heavy atom. The summed E-state index contributed by atoms with van der Waals surface area (Å²) in [5.41, 5.74) is -0.105. The third-order valence-electron chi connectivity index (χ3n) is 5.84. The number of amides is 2. The smallest absolute Gasteiger partial charge is 0.273 e. The van der Waals surface area contributed by atoms with Crippen molar-refractivity contribution in [1.29, 1.82) is 0 Å². The highest BCUT2D eigenvalue weighted by atomic mass is 79.9. The number of alkyl halides is 3. The van der Waals surface area contributed by atoms with E-state index in [4.69, 9.17) is 4.84 Å². The van der Waals surface area contributed by atoms with E-state index >= 15 is 0 Å². The Balaban J connectivity index is 1.58. The minimum atomic E-state index is -4.64. The van der Waals surface area contributed by atoms with Gasteiger partial charge in [-0.2, -0.15) is 13.2 Å². The zero-order valence-corrected chi connectivity index (χ0v) is 18.8. The predicted octanol–water partition coefficient (Wildman–Crippen LogP) is 5.66. The van der Waals surface area contributed by atoms with Crippen molar-refractivity contribution in [3.8, 4) is 0 Å². The Kier molecular flexibility index (Phi) is 5.44. The topological polar surface area (TPSA) is 49.9 Å². The molecule has 5 rings (SSSR count). The maximum absolute atomic E-state index is 13.9. The standard InChI is InChI=1S/C24H15BrF4N2O3/c25-17-11-13(9-10-18(17)26)20-19-21(34-31(20)15-6-2-1-3-7-15)23(33)30(22(19)32)16-8-4-5-14(12-16)24(27,28)29/h1-12,19-21H/t19-,20+,21+/m0/s1. The lowest BCUT2D eigenvalue weighted by Gasteiger charge is -2.29. The van der Waals surface area contributed by atoms with Crippen LogP contribution in [-0.4, -0.2) is 17.9 Å². The second-order valence-electron chi connectivity index (χ2n) is 7.89. The van der Waals surface area contributed by atoms with Crippen LogP contribution in [0.3, 0.4) is 0 Å². The second kappa shape index (κ2) is 8.21. The lowest BCUT2D eigenvalue weighted by molar-refractivity contribution is -0.137. The number of hydrogen-bond donors (Lipinski definition) is 0. The second-order valence-corrected chi connectivity index (χ2v) is 8.75. The number of nitrogens with zero attached hydrogens (tertiary/aromatic N) is 2. The van der Waals surface area contributed by atoms with Crippen LogP contribution in [0.15, 0.2) is 77.3 Å². The van der Waals surface area contributed by atoms with Crippen molar-refractivity contribution in [1.82, 2.24) is 0 Å². The van der Waals surface area contributed by atoms with Gasteiger partial charge in [-0.1, -0.05) is 30.3 Å². The molecule has 0 aromatic heterocycles. The van der Waals surface area contributed by atoms with E-state index in [9.17, 15) is 27.2 Å². The largest absolute Gasteiger partial charge is 0.416 e. The van der Waals surface area contributed by atoms with Gasteiger partial charge in [0.25, 0.3) is 5.91 Å². The van der Waals surface area contributed by atoms with Gasteiger partial charge in [-0.05, 0) is 64.0 Å². The summed E-state index contributed by atoms with van der Waals surface area (Å²) in [5, 5.41) is 1.42. The van der Waals surface area contributed by atoms with Crippen LogP contribution in [0.4, 0.5) is 28.9 Å². The Morgan fingerprint density at radius 1 is 0.853 bits per heavy atom. The highest BCUT2D eigenvalue weighted by Crippen LogP contribution is 2.48. The average Bonchev–Trinajstić information content (AvgIpc) is 3.32. The minimum Gasteiger partial charge on any atom is -0.273 e. The van der Waals surface area contributed by atoms with E-state index in [-0.39, 0.29) is 10.2 Å². The molecule has 0 saturated carbocycles. The molecule has 3 aromatic rings. The highest BCUT2D eigenvalue weighted by molar-refractivity contribution is 9.10. The first kappa shape index (κ1) is 22.5. The van der Waals surface area contributed by atoms with E-state index in [1.807, 2.05) is 0 Å². The van der Waals surface area contributed by atoms with Gasteiger partial charge in [0.15, 0.2) is 6.10 Å². The number of hydroxylamine groups is 1. The molecule has 2 saturated heterocycles. The molecule has 34 heavy (non-hydrogen) atoms. The highest BCUT2D eigenvalue weighted by Gasteiger charge is 2.60. The first-order chi connectivity index (χ1) is 16.2. The van der Waals surface area contributed by atoms with Gasteiger partial charge in [0.2, 0.25) is 5.91 Å². The molecule has 3 atom stereocenters.